The van der Waals surface area contributed by atoms with Crippen LogP contribution in [0, 0.1) is 0 Å². The summed E-state index contributed by atoms with van der Waals surface area (Å²) in [6.45, 7) is 0. The fraction of sp³-hybridized carbons (Fsp3) is 0.333. The lowest BCUT2D eigenvalue weighted by Crippen LogP contribution is -2.22. The number of carboxylic acids is 1. The number of hydrogen-bond donors (Lipinski definition) is 0. The van der Waals surface area contributed by atoms with Crippen LogP contribution in [-0.4, -0.2) is 11.0 Å². The molecule has 6 heteroatoms. The number of aromatic nitrogens is 1. The van der Waals surface area contributed by atoms with E-state index < -0.39 is 17.8 Å². The minimum Gasteiger partial charge on any atom is -0.550 e. The van der Waals surface area contributed by atoms with Crippen LogP contribution >= 0.6 is 0 Å². The molecule has 0 unspecified atom stereocenters. The lowest BCUT2D eigenvalue weighted by molar-refractivity contribution is -0.305. The summed E-state index contributed by atoms with van der Waals surface area (Å²) in [4.78, 5) is 13.3. The van der Waals surface area contributed by atoms with Crippen LogP contribution in [0.5, 0.6) is 0 Å². The van der Waals surface area contributed by atoms with Gasteiger partial charge in [-0.05, 0) is 24.5 Å². The van der Waals surface area contributed by atoms with E-state index in [1.165, 1.54) is 6.07 Å². The third-order valence-corrected chi connectivity index (χ3v) is 1.73. The molecule has 0 bridgehead atoms. The summed E-state index contributed by atoms with van der Waals surface area (Å²) in [7, 11) is 0. The van der Waals surface area contributed by atoms with Gasteiger partial charge in [0.25, 0.3) is 0 Å². The van der Waals surface area contributed by atoms with Crippen LogP contribution in [0.15, 0.2) is 18.3 Å². The Hall–Kier alpha value is -1.59. The van der Waals surface area contributed by atoms with E-state index in [-0.39, 0.29) is 12.8 Å². The van der Waals surface area contributed by atoms with E-state index in [9.17, 15) is 23.1 Å². The van der Waals surface area contributed by atoms with Gasteiger partial charge in [-0.15, -0.1) is 0 Å². The van der Waals surface area contributed by atoms with Crippen molar-refractivity contribution >= 4 is 5.97 Å². The molecule has 1 rings (SSSR count). The largest absolute Gasteiger partial charge is 0.550 e. The molecule has 0 saturated carbocycles. The van der Waals surface area contributed by atoms with Crippen molar-refractivity contribution < 1.29 is 23.1 Å². The third-order valence-electron chi connectivity index (χ3n) is 1.73. The molecule has 0 aliphatic rings. The second kappa shape index (κ2) is 4.29. The Morgan fingerprint density at radius 2 is 2.07 bits per heavy atom. The molecule has 0 fully saturated rings. The molecule has 0 radical (unpaired) electrons. The van der Waals surface area contributed by atoms with E-state index in [4.69, 9.17) is 0 Å². The molecular weight excluding hydrogens is 211 g/mol. The minimum atomic E-state index is -4.47. The van der Waals surface area contributed by atoms with Crippen molar-refractivity contribution in [2.45, 2.75) is 19.0 Å². The summed E-state index contributed by atoms with van der Waals surface area (Å²) in [6.07, 6.45) is -3.56. The van der Waals surface area contributed by atoms with Gasteiger partial charge in [-0.2, -0.15) is 13.2 Å². The van der Waals surface area contributed by atoms with E-state index in [0.717, 1.165) is 12.3 Å². The molecule has 0 aliphatic heterocycles. The van der Waals surface area contributed by atoms with Crippen molar-refractivity contribution in [3.05, 3.63) is 29.6 Å². The average molecular weight is 218 g/mol. The van der Waals surface area contributed by atoms with E-state index in [0.29, 0.717) is 5.56 Å². The molecule has 1 aromatic rings. The number of rotatable bonds is 3. The molecule has 0 aromatic carbocycles. The topological polar surface area (TPSA) is 53.0 Å². The zero-order valence-corrected chi connectivity index (χ0v) is 7.54. The first-order valence-electron chi connectivity index (χ1n) is 4.11. The van der Waals surface area contributed by atoms with Crippen molar-refractivity contribution in [1.82, 2.24) is 4.98 Å². The third kappa shape index (κ3) is 3.57. The van der Waals surface area contributed by atoms with Gasteiger partial charge in [0.1, 0.15) is 5.69 Å². The molecule has 0 amide bonds. The number of alkyl halides is 3. The fourth-order valence-corrected chi connectivity index (χ4v) is 0.986. The summed E-state index contributed by atoms with van der Waals surface area (Å²) in [5, 5.41) is 10.1. The normalized spacial score (nSPS) is 11.4. The molecule has 0 atom stereocenters. The zero-order chi connectivity index (χ0) is 11.5. The first kappa shape index (κ1) is 11.5. The maximum absolute atomic E-state index is 12.1. The van der Waals surface area contributed by atoms with Crippen LogP contribution in [-0.2, 0) is 17.4 Å². The smallest absolute Gasteiger partial charge is 0.433 e. The Labute approximate surface area is 83.6 Å². The van der Waals surface area contributed by atoms with Gasteiger partial charge in [0.2, 0.25) is 0 Å². The van der Waals surface area contributed by atoms with Crippen molar-refractivity contribution in [2.75, 3.05) is 0 Å². The molecule has 15 heavy (non-hydrogen) atoms. The van der Waals surface area contributed by atoms with Gasteiger partial charge in [0.05, 0.1) is 0 Å². The average Bonchev–Trinajstić information content (AvgIpc) is 2.14. The van der Waals surface area contributed by atoms with Gasteiger partial charge in [-0.1, -0.05) is 6.07 Å². The number of aliphatic carboxylic acids is 1. The first-order chi connectivity index (χ1) is 6.89. The number of hydrogen-bond acceptors (Lipinski definition) is 3. The van der Waals surface area contributed by atoms with Crippen molar-refractivity contribution in [2.24, 2.45) is 0 Å². The summed E-state index contributed by atoms with van der Waals surface area (Å²) >= 11 is 0. The minimum absolute atomic E-state index is 0.119. The molecular formula is C9H7F3NO2-. The quantitative estimate of drug-likeness (QED) is 0.753. The highest BCUT2D eigenvalue weighted by atomic mass is 19.4. The number of carbonyl (C=O) groups is 1. The van der Waals surface area contributed by atoms with Gasteiger partial charge in [-0.25, -0.2) is 0 Å². The number of halogens is 3. The van der Waals surface area contributed by atoms with Crippen LogP contribution in [0.1, 0.15) is 17.7 Å². The van der Waals surface area contributed by atoms with Crippen LogP contribution < -0.4 is 5.11 Å². The highest BCUT2D eigenvalue weighted by molar-refractivity contribution is 5.64. The molecule has 1 heterocycles. The Morgan fingerprint density at radius 1 is 1.40 bits per heavy atom. The molecule has 3 nitrogen and oxygen atoms in total. The predicted octanol–water partition coefficient (Wildman–Crippen LogP) is 0.783. The highest BCUT2D eigenvalue weighted by Crippen LogP contribution is 2.27. The number of nitrogens with zero attached hydrogens (tertiary/aromatic N) is 1. The second-order valence-electron chi connectivity index (χ2n) is 2.92. The summed E-state index contributed by atoms with van der Waals surface area (Å²) < 4.78 is 36.2. The number of pyridine rings is 1. The number of aryl methyl sites for hydroxylation is 1. The molecule has 0 spiro atoms. The Kier molecular flexibility index (Phi) is 3.28. The number of carboxylic acid groups (broad SMARTS) is 1. The molecule has 0 aliphatic carbocycles. The van der Waals surface area contributed by atoms with Crippen LogP contribution in [0.25, 0.3) is 0 Å². The monoisotopic (exact) mass is 218 g/mol. The van der Waals surface area contributed by atoms with Crippen molar-refractivity contribution in [1.29, 1.82) is 0 Å². The second-order valence-corrected chi connectivity index (χ2v) is 2.92. The fourth-order valence-electron chi connectivity index (χ4n) is 0.986. The van der Waals surface area contributed by atoms with Gasteiger partial charge in [0.15, 0.2) is 0 Å². The highest BCUT2D eigenvalue weighted by Gasteiger charge is 2.31. The van der Waals surface area contributed by atoms with Crippen molar-refractivity contribution in [3.63, 3.8) is 0 Å². The van der Waals surface area contributed by atoms with E-state index in [1.54, 1.807) is 0 Å². The van der Waals surface area contributed by atoms with Crippen LogP contribution in [0.4, 0.5) is 13.2 Å². The Balaban J connectivity index is 2.69. The Bertz CT molecular complexity index is 345. The summed E-state index contributed by atoms with van der Waals surface area (Å²) in [6, 6.07) is 2.03. The summed E-state index contributed by atoms with van der Waals surface area (Å²) in [5.41, 5.74) is -0.549. The van der Waals surface area contributed by atoms with Gasteiger partial charge >= 0.3 is 6.18 Å². The molecule has 0 N–H and O–H groups in total. The van der Waals surface area contributed by atoms with Gasteiger partial charge in [-0.3, -0.25) is 4.98 Å². The van der Waals surface area contributed by atoms with E-state index in [2.05, 4.69) is 4.98 Å². The lowest BCUT2D eigenvalue weighted by atomic mass is 10.1. The van der Waals surface area contributed by atoms with Crippen LogP contribution in [0.2, 0.25) is 0 Å². The maximum Gasteiger partial charge on any atom is 0.433 e. The van der Waals surface area contributed by atoms with E-state index in [1.807, 2.05) is 0 Å². The van der Waals surface area contributed by atoms with Gasteiger partial charge in [0, 0.05) is 12.2 Å². The molecule has 1 aromatic heterocycles. The molecule has 82 valence electrons. The SMILES string of the molecule is O=C([O-])CCc1ccc(C(F)(F)F)nc1. The number of carbonyl (C=O) groups excluding carboxylic acids is 1. The van der Waals surface area contributed by atoms with E-state index >= 15 is 0 Å². The zero-order valence-electron chi connectivity index (χ0n) is 7.54. The first-order valence-corrected chi connectivity index (χ1v) is 4.11. The molecule has 0 saturated heterocycles. The lowest BCUT2D eigenvalue weighted by Gasteiger charge is -2.06. The van der Waals surface area contributed by atoms with Gasteiger partial charge < -0.3 is 9.90 Å². The van der Waals surface area contributed by atoms with Crippen LogP contribution in [0.3, 0.4) is 0 Å². The standard InChI is InChI=1S/C9H8F3NO2/c10-9(11,12)7-3-1-6(5-13-7)2-4-8(14)15/h1,3,5H,2,4H2,(H,14,15)/p-1. The maximum atomic E-state index is 12.1. The Morgan fingerprint density at radius 3 is 2.47 bits per heavy atom. The predicted molar refractivity (Wildman–Crippen MR) is 42.6 cm³/mol. The summed E-state index contributed by atoms with van der Waals surface area (Å²) in [5.74, 6) is -1.24. The van der Waals surface area contributed by atoms with Crippen molar-refractivity contribution in [3.8, 4) is 0 Å².